The molecule has 0 heterocycles. The largest absolute Gasteiger partial charge is 0.462 e. The van der Waals surface area contributed by atoms with Crippen LogP contribution >= 0.6 is 0 Å². The van der Waals surface area contributed by atoms with Crippen LogP contribution in [0.1, 0.15) is 124 Å². The van der Waals surface area contributed by atoms with Crippen molar-refractivity contribution in [2.24, 2.45) is 28.6 Å². The van der Waals surface area contributed by atoms with Gasteiger partial charge in [-0.1, -0.05) is 64.9 Å². The highest BCUT2D eigenvalue weighted by atomic mass is 16.5. The van der Waals surface area contributed by atoms with Crippen molar-refractivity contribution in [1.82, 2.24) is 0 Å². The number of hydrogen-bond donors (Lipinski definition) is 0. The molecule has 0 N–H and O–H groups in total. The standard InChI is InChI=1S/C29H46O3/c1-4-5-6-7-8-9-10-11-27(31)32-26-15-14-24-23-13-12-21-20-22(30)16-18-28(21,2)25(23)17-19-29(24,26)3/h20,23-26H,4-19H2,1-3H3. The maximum atomic E-state index is 12.6. The quantitative estimate of drug-likeness (QED) is 0.273. The van der Waals surface area contributed by atoms with Crippen molar-refractivity contribution < 1.29 is 14.3 Å². The molecule has 0 spiro atoms. The van der Waals surface area contributed by atoms with E-state index in [9.17, 15) is 9.59 Å². The van der Waals surface area contributed by atoms with E-state index in [0.717, 1.165) is 44.4 Å². The number of allylic oxidation sites excluding steroid dienone is 1. The lowest BCUT2D eigenvalue weighted by Gasteiger charge is -2.57. The summed E-state index contributed by atoms with van der Waals surface area (Å²) in [4.78, 5) is 24.7. The van der Waals surface area contributed by atoms with Gasteiger partial charge in [0.25, 0.3) is 0 Å². The highest BCUT2D eigenvalue weighted by Gasteiger charge is 2.59. The lowest BCUT2D eigenvalue weighted by molar-refractivity contribution is -0.160. The topological polar surface area (TPSA) is 43.4 Å². The van der Waals surface area contributed by atoms with Gasteiger partial charge in [-0.15, -0.1) is 0 Å². The van der Waals surface area contributed by atoms with Crippen molar-refractivity contribution >= 4 is 11.8 Å². The zero-order valence-electron chi connectivity index (χ0n) is 20.9. The van der Waals surface area contributed by atoms with Crippen molar-refractivity contribution in [1.29, 1.82) is 0 Å². The van der Waals surface area contributed by atoms with E-state index in [0.29, 0.717) is 24.0 Å². The third-order valence-corrected chi connectivity index (χ3v) is 10.1. The maximum absolute atomic E-state index is 12.6. The highest BCUT2D eigenvalue weighted by Crippen LogP contribution is 2.65. The molecule has 4 aliphatic carbocycles. The Morgan fingerprint density at radius 1 is 0.938 bits per heavy atom. The number of carbonyl (C=O) groups is 2. The van der Waals surface area contributed by atoms with Crippen molar-refractivity contribution in [3.63, 3.8) is 0 Å². The molecular formula is C29H46O3. The summed E-state index contributed by atoms with van der Waals surface area (Å²) in [5.74, 6) is 2.49. The van der Waals surface area contributed by atoms with Crippen LogP contribution in [0.4, 0.5) is 0 Å². The highest BCUT2D eigenvalue weighted by molar-refractivity contribution is 5.91. The first-order valence-electron chi connectivity index (χ1n) is 13.8. The third kappa shape index (κ3) is 4.60. The number of unbranched alkanes of at least 4 members (excludes halogenated alkanes) is 6. The van der Waals surface area contributed by atoms with E-state index < -0.39 is 0 Å². The average Bonchev–Trinajstić information content (AvgIpc) is 3.10. The number of ether oxygens (including phenoxy) is 1. The molecule has 32 heavy (non-hydrogen) atoms. The number of fused-ring (bicyclic) bond motifs is 5. The van der Waals surface area contributed by atoms with Gasteiger partial charge in [-0.3, -0.25) is 9.59 Å². The summed E-state index contributed by atoms with van der Waals surface area (Å²) in [5, 5.41) is 0. The molecule has 4 rings (SSSR count). The Bertz CT molecular complexity index is 724. The van der Waals surface area contributed by atoms with Crippen LogP contribution in [0.3, 0.4) is 0 Å². The molecule has 3 heteroatoms. The van der Waals surface area contributed by atoms with Crippen LogP contribution in [-0.4, -0.2) is 17.9 Å². The van der Waals surface area contributed by atoms with Gasteiger partial charge in [0.05, 0.1) is 0 Å². The predicted molar refractivity (Wildman–Crippen MR) is 129 cm³/mol. The second-order valence-corrected chi connectivity index (χ2v) is 11.9. The summed E-state index contributed by atoms with van der Waals surface area (Å²) in [7, 11) is 0. The molecule has 4 aliphatic rings. The van der Waals surface area contributed by atoms with Crippen LogP contribution in [0, 0.1) is 28.6 Å². The van der Waals surface area contributed by atoms with Gasteiger partial charge in [0.2, 0.25) is 0 Å². The Kier molecular flexibility index (Phi) is 7.52. The van der Waals surface area contributed by atoms with Crippen LogP contribution in [0.2, 0.25) is 0 Å². The molecule has 180 valence electrons. The molecule has 0 aliphatic heterocycles. The fourth-order valence-corrected chi connectivity index (χ4v) is 8.15. The van der Waals surface area contributed by atoms with Crippen molar-refractivity contribution in [2.45, 2.75) is 130 Å². The van der Waals surface area contributed by atoms with Crippen LogP contribution in [-0.2, 0) is 14.3 Å². The van der Waals surface area contributed by atoms with Crippen LogP contribution in [0.15, 0.2) is 11.6 Å². The van der Waals surface area contributed by atoms with Crippen LogP contribution in [0.5, 0.6) is 0 Å². The Morgan fingerprint density at radius 3 is 2.47 bits per heavy atom. The number of esters is 1. The molecule has 0 aromatic rings. The predicted octanol–water partition coefficient (Wildman–Crippen LogP) is 7.57. The van der Waals surface area contributed by atoms with Crippen molar-refractivity contribution in [3.8, 4) is 0 Å². The Balaban J connectivity index is 1.31. The molecule has 0 amide bonds. The first-order valence-corrected chi connectivity index (χ1v) is 13.8. The fourth-order valence-electron chi connectivity index (χ4n) is 8.15. The number of hydrogen-bond acceptors (Lipinski definition) is 3. The molecule has 0 aromatic carbocycles. The summed E-state index contributed by atoms with van der Waals surface area (Å²) in [5.41, 5.74) is 1.82. The first-order chi connectivity index (χ1) is 15.4. The molecule has 0 saturated heterocycles. The van der Waals surface area contributed by atoms with E-state index in [2.05, 4.69) is 20.8 Å². The minimum Gasteiger partial charge on any atom is -0.462 e. The molecular weight excluding hydrogens is 396 g/mol. The third-order valence-electron chi connectivity index (χ3n) is 10.1. The fraction of sp³-hybridized carbons (Fsp3) is 0.862. The van der Waals surface area contributed by atoms with E-state index in [1.165, 1.54) is 63.4 Å². The van der Waals surface area contributed by atoms with Crippen LogP contribution < -0.4 is 0 Å². The summed E-state index contributed by atoms with van der Waals surface area (Å²) in [6.07, 6.45) is 20.1. The molecule has 0 aromatic heterocycles. The minimum absolute atomic E-state index is 0.0409. The average molecular weight is 443 g/mol. The molecule has 0 bridgehead atoms. The zero-order chi connectivity index (χ0) is 22.8. The van der Waals surface area contributed by atoms with E-state index in [-0.39, 0.29) is 22.9 Å². The number of ketones is 1. The van der Waals surface area contributed by atoms with E-state index in [4.69, 9.17) is 4.74 Å². The summed E-state index contributed by atoms with van der Waals surface area (Å²) in [6, 6.07) is 0. The second-order valence-electron chi connectivity index (χ2n) is 11.9. The number of carbonyl (C=O) groups excluding carboxylic acids is 2. The normalized spacial score (nSPS) is 38.5. The summed E-state index contributed by atoms with van der Waals surface area (Å²) in [6.45, 7) is 7.11. The molecule has 3 fully saturated rings. The van der Waals surface area contributed by atoms with Gasteiger partial charge in [0.15, 0.2) is 5.78 Å². The molecule has 6 unspecified atom stereocenters. The monoisotopic (exact) mass is 442 g/mol. The van der Waals surface area contributed by atoms with Gasteiger partial charge in [0.1, 0.15) is 6.10 Å². The molecule has 3 saturated carbocycles. The first kappa shape index (κ1) is 24.0. The van der Waals surface area contributed by atoms with E-state index in [1.54, 1.807) is 0 Å². The summed E-state index contributed by atoms with van der Waals surface area (Å²) < 4.78 is 6.16. The SMILES string of the molecule is CCCCCCCCCC(=O)OC1CCC2C3CCC4=CC(=O)CCC4(C)C3CCC12C. The Hall–Kier alpha value is -1.12. The van der Waals surface area contributed by atoms with Gasteiger partial charge in [-0.25, -0.2) is 0 Å². The number of rotatable bonds is 9. The lowest BCUT2D eigenvalue weighted by atomic mass is 9.47. The van der Waals surface area contributed by atoms with Crippen molar-refractivity contribution in [2.75, 3.05) is 0 Å². The van der Waals surface area contributed by atoms with Crippen LogP contribution in [0.25, 0.3) is 0 Å². The summed E-state index contributed by atoms with van der Waals surface area (Å²) >= 11 is 0. The Morgan fingerprint density at radius 2 is 1.69 bits per heavy atom. The molecule has 3 nitrogen and oxygen atoms in total. The van der Waals surface area contributed by atoms with E-state index in [1.807, 2.05) is 6.08 Å². The Labute approximate surface area is 196 Å². The molecule has 6 atom stereocenters. The van der Waals surface area contributed by atoms with Gasteiger partial charge in [-0.05, 0) is 80.6 Å². The van der Waals surface area contributed by atoms with Gasteiger partial charge < -0.3 is 4.74 Å². The maximum Gasteiger partial charge on any atom is 0.306 e. The van der Waals surface area contributed by atoms with Crippen molar-refractivity contribution in [3.05, 3.63) is 11.6 Å². The van der Waals surface area contributed by atoms with Gasteiger partial charge >= 0.3 is 5.97 Å². The van der Waals surface area contributed by atoms with Gasteiger partial charge in [-0.2, -0.15) is 0 Å². The smallest absolute Gasteiger partial charge is 0.306 e. The van der Waals surface area contributed by atoms with Gasteiger partial charge in [0, 0.05) is 18.3 Å². The minimum atomic E-state index is 0.0409. The lowest BCUT2D eigenvalue weighted by Crippen LogP contribution is -2.51. The zero-order valence-corrected chi connectivity index (χ0v) is 20.9. The second kappa shape index (κ2) is 10.0. The van der Waals surface area contributed by atoms with E-state index >= 15 is 0 Å². The molecule has 0 radical (unpaired) electrons.